The van der Waals surface area contributed by atoms with E-state index in [2.05, 4.69) is 9.84 Å². The Morgan fingerprint density at radius 2 is 2.64 bits per heavy atom. The number of cyclic esters (lactones) is 1. The molecule has 0 N–H and O–H groups in total. The van der Waals surface area contributed by atoms with Crippen molar-refractivity contribution in [2.75, 3.05) is 19.7 Å². The molecule has 0 aromatic carbocycles. The maximum atomic E-state index is 10.6. The predicted octanol–water partition coefficient (Wildman–Crippen LogP) is -0.645. The van der Waals surface area contributed by atoms with Gasteiger partial charge >= 0.3 is 5.97 Å². The molecule has 1 heterocycles. The largest absolute Gasteiger partial charge is 0.462 e. The Morgan fingerprint density at radius 1 is 1.82 bits per heavy atom. The van der Waals surface area contributed by atoms with Crippen LogP contribution in [-0.2, 0) is 9.53 Å². The smallest absolute Gasteiger partial charge is 0.327 e. The second-order valence-corrected chi connectivity index (χ2v) is 1.98. The molecule has 1 rings (SSSR count). The minimum absolute atomic E-state index is 0.137. The van der Waals surface area contributed by atoms with Gasteiger partial charge in [-0.05, 0) is 0 Å². The number of hydrogen-bond acceptors (Lipinski definition) is 5. The molecule has 0 saturated carbocycles. The molecule has 11 heavy (non-hydrogen) atoms. The molecule has 1 aliphatic heterocycles. The zero-order valence-corrected chi connectivity index (χ0v) is 5.86. The van der Waals surface area contributed by atoms with Crippen LogP contribution >= 0.6 is 0 Å². The van der Waals surface area contributed by atoms with Crippen LogP contribution in [0.15, 0.2) is 5.10 Å². The quantitative estimate of drug-likeness (QED) is 0.371. The highest BCUT2D eigenvalue weighted by molar-refractivity contribution is 5.75. The first-order valence-electron chi connectivity index (χ1n) is 3.15. The monoisotopic (exact) mass is 153 g/mol. The molecule has 5 nitrogen and oxygen atoms in total. The predicted molar refractivity (Wildman–Crippen MR) is 36.6 cm³/mol. The molecule has 0 aromatic heterocycles. The molecular formula is C6H7N3O2. The molecule has 0 aliphatic carbocycles. The van der Waals surface area contributed by atoms with Crippen molar-refractivity contribution in [2.45, 2.75) is 0 Å². The van der Waals surface area contributed by atoms with Crippen LogP contribution in [-0.4, -0.2) is 36.9 Å². The average molecular weight is 153 g/mol. The van der Waals surface area contributed by atoms with Gasteiger partial charge in [-0.25, -0.2) is 0 Å². The lowest BCUT2D eigenvalue weighted by Gasteiger charge is -2.21. The molecule has 1 saturated heterocycles. The summed E-state index contributed by atoms with van der Waals surface area (Å²) < 4.78 is 4.65. The second kappa shape index (κ2) is 3.56. The van der Waals surface area contributed by atoms with Gasteiger partial charge in [0.25, 0.3) is 0 Å². The number of carbonyl (C=O) groups excluding carboxylic acids is 1. The highest BCUT2D eigenvalue weighted by Gasteiger charge is 2.14. The fourth-order valence-electron chi connectivity index (χ4n) is 0.745. The summed E-state index contributed by atoms with van der Waals surface area (Å²) in [6.07, 6.45) is 1.10. The number of morpholine rings is 1. The molecular weight excluding hydrogens is 146 g/mol. The maximum absolute atomic E-state index is 10.6. The first-order valence-corrected chi connectivity index (χ1v) is 3.15. The first kappa shape index (κ1) is 7.54. The number of nitriles is 1. The second-order valence-electron chi connectivity index (χ2n) is 1.98. The van der Waals surface area contributed by atoms with E-state index in [-0.39, 0.29) is 12.5 Å². The third-order valence-electron chi connectivity index (χ3n) is 1.20. The fourth-order valence-corrected chi connectivity index (χ4v) is 0.745. The van der Waals surface area contributed by atoms with E-state index >= 15 is 0 Å². The van der Waals surface area contributed by atoms with Crippen LogP contribution in [0.1, 0.15) is 0 Å². The number of esters is 1. The third kappa shape index (κ3) is 2.26. The Hall–Kier alpha value is -1.57. The van der Waals surface area contributed by atoms with Crippen molar-refractivity contribution < 1.29 is 9.53 Å². The van der Waals surface area contributed by atoms with Gasteiger partial charge in [0.1, 0.15) is 25.4 Å². The molecule has 0 spiro atoms. The first-order chi connectivity index (χ1) is 5.33. The van der Waals surface area contributed by atoms with Crippen LogP contribution in [0, 0.1) is 11.3 Å². The molecule has 58 valence electrons. The van der Waals surface area contributed by atoms with Crippen molar-refractivity contribution in [3.63, 3.8) is 0 Å². The van der Waals surface area contributed by atoms with Crippen molar-refractivity contribution in [3.05, 3.63) is 0 Å². The van der Waals surface area contributed by atoms with Crippen molar-refractivity contribution in [2.24, 2.45) is 5.10 Å². The molecule has 0 amide bonds. The van der Waals surface area contributed by atoms with Gasteiger partial charge in [-0.1, -0.05) is 0 Å². The van der Waals surface area contributed by atoms with Crippen LogP contribution in [0.25, 0.3) is 0 Å². The number of hydrazone groups is 1. The third-order valence-corrected chi connectivity index (χ3v) is 1.20. The van der Waals surface area contributed by atoms with Gasteiger partial charge in [-0.3, -0.25) is 9.80 Å². The Bertz CT molecular complexity index is 218. The Kier molecular flexibility index (Phi) is 2.44. The topological polar surface area (TPSA) is 65.7 Å². The Balaban J connectivity index is 2.41. The summed E-state index contributed by atoms with van der Waals surface area (Å²) in [5.74, 6) is -0.300. The van der Waals surface area contributed by atoms with Crippen molar-refractivity contribution in [1.29, 1.82) is 5.26 Å². The van der Waals surface area contributed by atoms with Gasteiger partial charge in [0.15, 0.2) is 0 Å². The Labute approximate surface area is 63.9 Å². The summed E-state index contributed by atoms with van der Waals surface area (Å²) >= 11 is 0. The van der Waals surface area contributed by atoms with Gasteiger partial charge in [0.2, 0.25) is 0 Å². The summed E-state index contributed by atoms with van der Waals surface area (Å²) in [7, 11) is 0. The summed E-state index contributed by atoms with van der Waals surface area (Å²) in [4.78, 5) is 10.6. The standard InChI is InChI=1S/C6H7N3O2/c7-1-2-8-9-3-4-11-6(10)5-9/h2H,3-5H2/b8-2+. The van der Waals surface area contributed by atoms with E-state index in [1.807, 2.05) is 0 Å². The van der Waals surface area contributed by atoms with Crippen molar-refractivity contribution >= 4 is 12.2 Å². The van der Waals surface area contributed by atoms with E-state index in [1.54, 1.807) is 6.07 Å². The number of rotatable bonds is 1. The van der Waals surface area contributed by atoms with Crippen LogP contribution in [0.5, 0.6) is 0 Å². The van der Waals surface area contributed by atoms with E-state index in [4.69, 9.17) is 5.26 Å². The number of hydrogen-bond donors (Lipinski definition) is 0. The normalized spacial score (nSPS) is 18.1. The van der Waals surface area contributed by atoms with Gasteiger partial charge in [-0.15, -0.1) is 0 Å². The van der Waals surface area contributed by atoms with E-state index in [0.29, 0.717) is 13.2 Å². The maximum Gasteiger partial charge on any atom is 0.327 e. The minimum Gasteiger partial charge on any atom is -0.462 e. The van der Waals surface area contributed by atoms with Crippen molar-refractivity contribution in [1.82, 2.24) is 5.01 Å². The summed E-state index contributed by atoms with van der Waals surface area (Å²) in [5.41, 5.74) is 0. The summed E-state index contributed by atoms with van der Waals surface area (Å²) in [6, 6.07) is 1.74. The van der Waals surface area contributed by atoms with Crippen LogP contribution in [0.4, 0.5) is 0 Å². The molecule has 1 aliphatic rings. The highest BCUT2D eigenvalue weighted by atomic mass is 16.5. The van der Waals surface area contributed by atoms with Crippen LogP contribution in [0.2, 0.25) is 0 Å². The fraction of sp³-hybridized carbons (Fsp3) is 0.500. The number of ether oxygens (including phenoxy) is 1. The minimum atomic E-state index is -0.300. The zero-order chi connectivity index (χ0) is 8.10. The molecule has 0 atom stereocenters. The lowest BCUT2D eigenvalue weighted by molar-refractivity contribution is -0.150. The molecule has 5 heteroatoms. The highest BCUT2D eigenvalue weighted by Crippen LogP contribution is 1.97. The molecule has 0 radical (unpaired) electrons. The molecule has 1 fully saturated rings. The van der Waals surface area contributed by atoms with Gasteiger partial charge < -0.3 is 4.74 Å². The van der Waals surface area contributed by atoms with Crippen molar-refractivity contribution in [3.8, 4) is 6.07 Å². The lowest BCUT2D eigenvalue weighted by atomic mass is 10.5. The zero-order valence-electron chi connectivity index (χ0n) is 5.86. The van der Waals surface area contributed by atoms with Gasteiger partial charge in [-0.2, -0.15) is 10.4 Å². The van der Waals surface area contributed by atoms with E-state index in [9.17, 15) is 4.79 Å². The molecule has 0 aromatic rings. The Morgan fingerprint density at radius 3 is 3.27 bits per heavy atom. The van der Waals surface area contributed by atoms with Gasteiger partial charge in [0.05, 0.1) is 6.54 Å². The van der Waals surface area contributed by atoms with Gasteiger partial charge in [0, 0.05) is 0 Å². The lowest BCUT2D eigenvalue weighted by Crippen LogP contribution is -2.36. The van der Waals surface area contributed by atoms with E-state index < -0.39 is 0 Å². The van der Waals surface area contributed by atoms with E-state index in [0.717, 1.165) is 6.21 Å². The van der Waals surface area contributed by atoms with E-state index in [1.165, 1.54) is 5.01 Å². The molecule has 0 bridgehead atoms. The average Bonchev–Trinajstić information content (AvgIpc) is 2.01. The number of carbonyl (C=O) groups is 1. The number of nitrogens with zero attached hydrogens (tertiary/aromatic N) is 3. The summed E-state index contributed by atoms with van der Waals surface area (Å²) in [5, 5.41) is 13.3. The van der Waals surface area contributed by atoms with Crippen LogP contribution < -0.4 is 0 Å². The SMILES string of the molecule is N#C/C=N/N1CCOC(=O)C1. The molecule has 0 unspecified atom stereocenters. The van der Waals surface area contributed by atoms with Crippen LogP contribution in [0.3, 0.4) is 0 Å². The summed E-state index contributed by atoms with van der Waals surface area (Å²) in [6.45, 7) is 1.05.